The summed E-state index contributed by atoms with van der Waals surface area (Å²) in [5.74, 6) is -0.950. The number of hydrogen-bond acceptors (Lipinski definition) is 4. The van der Waals surface area contributed by atoms with Crippen LogP contribution in [-0.2, 0) is 4.79 Å². The molecule has 0 saturated carbocycles. The van der Waals surface area contributed by atoms with Crippen molar-refractivity contribution >= 4 is 29.1 Å². The maximum absolute atomic E-state index is 12.4. The molecule has 0 aliphatic rings. The summed E-state index contributed by atoms with van der Waals surface area (Å²) in [6.45, 7) is 7.46. The molecule has 0 bridgehead atoms. The van der Waals surface area contributed by atoms with Crippen molar-refractivity contribution in [2.45, 2.75) is 46.2 Å². The molecule has 1 aromatic carbocycles. The summed E-state index contributed by atoms with van der Waals surface area (Å²) in [6, 6.07) is 2.86. The molecule has 24 heavy (non-hydrogen) atoms. The summed E-state index contributed by atoms with van der Waals surface area (Å²) in [5.41, 5.74) is -0.115. The van der Waals surface area contributed by atoms with E-state index in [1.807, 2.05) is 27.7 Å². The molecule has 0 fully saturated rings. The Bertz CT molecular complexity index is 634. The van der Waals surface area contributed by atoms with Gasteiger partial charge in [0.1, 0.15) is 6.04 Å². The molecule has 0 aliphatic heterocycles. The molecule has 0 radical (unpaired) electrons. The first kappa shape index (κ1) is 19.9. The lowest BCUT2D eigenvalue weighted by Gasteiger charge is -2.23. The van der Waals surface area contributed by atoms with Crippen molar-refractivity contribution < 1.29 is 14.5 Å². The standard InChI is InChI=1S/C16H22ClN3O4/c1-5-10(4)18-16(22)14(9(2)3)19-15(21)12-7-6-11(20(23)24)8-13(12)17/h6-10,14H,5H2,1-4H3,(H,18,22)(H,19,21). The number of nitro benzene ring substituents is 1. The zero-order chi connectivity index (χ0) is 18.4. The lowest BCUT2D eigenvalue weighted by atomic mass is 10.0. The third-order valence-corrected chi connectivity index (χ3v) is 3.96. The number of nitrogens with one attached hydrogen (secondary N) is 2. The van der Waals surface area contributed by atoms with Gasteiger partial charge in [0.15, 0.2) is 0 Å². The zero-order valence-electron chi connectivity index (χ0n) is 14.1. The van der Waals surface area contributed by atoms with Crippen LogP contribution >= 0.6 is 11.6 Å². The summed E-state index contributed by atoms with van der Waals surface area (Å²) in [5, 5.41) is 16.2. The zero-order valence-corrected chi connectivity index (χ0v) is 14.9. The molecular weight excluding hydrogens is 334 g/mol. The van der Waals surface area contributed by atoms with Crippen molar-refractivity contribution in [2.24, 2.45) is 5.92 Å². The maximum atomic E-state index is 12.4. The number of amides is 2. The monoisotopic (exact) mass is 355 g/mol. The van der Waals surface area contributed by atoms with Crippen LogP contribution in [0.4, 0.5) is 5.69 Å². The number of hydrogen-bond donors (Lipinski definition) is 2. The van der Waals surface area contributed by atoms with Crippen molar-refractivity contribution in [1.29, 1.82) is 0 Å². The number of carbonyl (C=O) groups is 2. The van der Waals surface area contributed by atoms with Gasteiger partial charge in [0.25, 0.3) is 11.6 Å². The van der Waals surface area contributed by atoms with Gasteiger partial charge in [-0.1, -0.05) is 32.4 Å². The summed E-state index contributed by atoms with van der Waals surface area (Å²) in [6.07, 6.45) is 0.776. The molecule has 1 rings (SSSR count). The Kier molecular flexibility index (Phi) is 7.16. The van der Waals surface area contributed by atoms with E-state index in [0.717, 1.165) is 12.5 Å². The van der Waals surface area contributed by atoms with Crippen LogP contribution in [0.15, 0.2) is 18.2 Å². The highest BCUT2D eigenvalue weighted by molar-refractivity contribution is 6.34. The average molecular weight is 356 g/mol. The van der Waals surface area contributed by atoms with Crippen molar-refractivity contribution in [1.82, 2.24) is 10.6 Å². The van der Waals surface area contributed by atoms with E-state index in [1.54, 1.807) is 0 Å². The molecule has 0 spiro atoms. The van der Waals surface area contributed by atoms with Crippen LogP contribution in [0.2, 0.25) is 5.02 Å². The van der Waals surface area contributed by atoms with Gasteiger partial charge in [-0.25, -0.2) is 0 Å². The fraction of sp³-hybridized carbons (Fsp3) is 0.500. The van der Waals surface area contributed by atoms with E-state index in [4.69, 9.17) is 11.6 Å². The molecule has 132 valence electrons. The Morgan fingerprint density at radius 1 is 1.25 bits per heavy atom. The fourth-order valence-electron chi connectivity index (χ4n) is 1.99. The molecule has 7 nitrogen and oxygen atoms in total. The minimum Gasteiger partial charge on any atom is -0.352 e. The van der Waals surface area contributed by atoms with Gasteiger partial charge in [-0.3, -0.25) is 19.7 Å². The summed E-state index contributed by atoms with van der Waals surface area (Å²) in [7, 11) is 0. The molecular formula is C16H22ClN3O4. The number of halogens is 1. The van der Waals surface area contributed by atoms with E-state index in [9.17, 15) is 19.7 Å². The van der Waals surface area contributed by atoms with Crippen LogP contribution in [0.3, 0.4) is 0 Å². The predicted molar refractivity (Wildman–Crippen MR) is 92.1 cm³/mol. The Labute approximate surface area is 145 Å². The molecule has 0 heterocycles. The van der Waals surface area contributed by atoms with Crippen LogP contribution in [0.25, 0.3) is 0 Å². The van der Waals surface area contributed by atoms with Gasteiger partial charge in [-0.05, 0) is 25.3 Å². The average Bonchev–Trinajstić information content (AvgIpc) is 2.51. The summed E-state index contributed by atoms with van der Waals surface area (Å²) >= 11 is 5.95. The second kappa shape index (κ2) is 8.63. The van der Waals surface area contributed by atoms with Crippen molar-refractivity contribution in [2.75, 3.05) is 0 Å². The number of nitrogens with zero attached hydrogens (tertiary/aromatic N) is 1. The van der Waals surface area contributed by atoms with Crippen LogP contribution in [-0.4, -0.2) is 28.8 Å². The molecule has 0 aliphatic carbocycles. The minimum absolute atomic E-state index is 0.00128. The lowest BCUT2D eigenvalue weighted by Crippen LogP contribution is -2.51. The fourth-order valence-corrected chi connectivity index (χ4v) is 2.25. The van der Waals surface area contributed by atoms with Crippen LogP contribution in [0.1, 0.15) is 44.5 Å². The van der Waals surface area contributed by atoms with Crippen molar-refractivity contribution in [3.8, 4) is 0 Å². The Balaban J connectivity index is 2.93. The van der Waals surface area contributed by atoms with Crippen LogP contribution in [0, 0.1) is 16.0 Å². The first-order valence-electron chi connectivity index (χ1n) is 7.72. The minimum atomic E-state index is -0.724. The number of carbonyl (C=O) groups excluding carboxylic acids is 2. The lowest BCUT2D eigenvalue weighted by molar-refractivity contribution is -0.384. The summed E-state index contributed by atoms with van der Waals surface area (Å²) < 4.78 is 0. The van der Waals surface area contributed by atoms with Gasteiger partial charge < -0.3 is 10.6 Å². The largest absolute Gasteiger partial charge is 0.352 e. The molecule has 8 heteroatoms. The number of nitro groups is 1. The second-order valence-electron chi connectivity index (χ2n) is 5.93. The van der Waals surface area contributed by atoms with E-state index in [1.165, 1.54) is 12.1 Å². The summed E-state index contributed by atoms with van der Waals surface area (Å²) in [4.78, 5) is 34.8. The predicted octanol–water partition coefficient (Wildman–Crippen LogP) is 2.92. The molecule has 2 unspecified atom stereocenters. The number of benzene rings is 1. The quantitative estimate of drug-likeness (QED) is 0.580. The van der Waals surface area contributed by atoms with Gasteiger partial charge in [-0.15, -0.1) is 0 Å². The highest BCUT2D eigenvalue weighted by atomic mass is 35.5. The third kappa shape index (κ3) is 5.19. The third-order valence-electron chi connectivity index (χ3n) is 3.64. The van der Waals surface area contributed by atoms with Crippen molar-refractivity contribution in [3.05, 3.63) is 38.9 Å². The van der Waals surface area contributed by atoms with Gasteiger partial charge in [0.05, 0.1) is 15.5 Å². The smallest absolute Gasteiger partial charge is 0.270 e. The van der Waals surface area contributed by atoms with Gasteiger partial charge in [0.2, 0.25) is 5.91 Å². The SMILES string of the molecule is CCC(C)NC(=O)C(NC(=O)c1ccc([N+](=O)[O-])cc1Cl)C(C)C. The van der Waals surface area contributed by atoms with E-state index in [2.05, 4.69) is 10.6 Å². The Morgan fingerprint density at radius 3 is 2.33 bits per heavy atom. The highest BCUT2D eigenvalue weighted by Crippen LogP contribution is 2.22. The number of rotatable bonds is 7. The highest BCUT2D eigenvalue weighted by Gasteiger charge is 2.26. The first-order valence-corrected chi connectivity index (χ1v) is 8.10. The number of non-ortho nitro benzene ring substituents is 1. The van der Waals surface area contributed by atoms with Crippen LogP contribution < -0.4 is 10.6 Å². The molecule has 0 saturated heterocycles. The van der Waals surface area contributed by atoms with Crippen molar-refractivity contribution in [3.63, 3.8) is 0 Å². The van der Waals surface area contributed by atoms with E-state index in [-0.39, 0.29) is 34.1 Å². The normalized spacial score (nSPS) is 13.2. The Hall–Kier alpha value is -2.15. The van der Waals surface area contributed by atoms with Gasteiger partial charge in [0, 0.05) is 18.2 Å². The van der Waals surface area contributed by atoms with E-state index in [0.29, 0.717) is 0 Å². The van der Waals surface area contributed by atoms with Gasteiger partial charge >= 0.3 is 0 Å². The first-order chi connectivity index (χ1) is 11.2. The Morgan fingerprint density at radius 2 is 1.88 bits per heavy atom. The van der Waals surface area contributed by atoms with E-state index < -0.39 is 16.9 Å². The van der Waals surface area contributed by atoms with E-state index >= 15 is 0 Å². The molecule has 0 aromatic heterocycles. The van der Waals surface area contributed by atoms with Crippen LogP contribution in [0.5, 0.6) is 0 Å². The topological polar surface area (TPSA) is 101 Å². The maximum Gasteiger partial charge on any atom is 0.270 e. The molecule has 2 atom stereocenters. The molecule has 2 N–H and O–H groups in total. The molecule has 2 amide bonds. The molecule has 1 aromatic rings. The second-order valence-corrected chi connectivity index (χ2v) is 6.34. The van der Waals surface area contributed by atoms with Gasteiger partial charge in [-0.2, -0.15) is 0 Å².